The van der Waals surface area contributed by atoms with Crippen molar-refractivity contribution < 1.29 is 18.7 Å². The van der Waals surface area contributed by atoms with E-state index in [9.17, 15) is 13.6 Å². The van der Waals surface area contributed by atoms with Gasteiger partial charge >= 0.3 is 5.97 Å². The maximum Gasteiger partial charge on any atom is 0.306 e. The van der Waals surface area contributed by atoms with Gasteiger partial charge in [0.25, 0.3) is 0 Å². The van der Waals surface area contributed by atoms with Crippen LogP contribution >= 0.6 is 0 Å². The quantitative estimate of drug-likeness (QED) is 0.705. The molecule has 1 N–H and O–H groups in total. The van der Waals surface area contributed by atoms with Crippen LogP contribution in [-0.2, 0) is 4.79 Å². The maximum absolute atomic E-state index is 12.6. The van der Waals surface area contributed by atoms with Gasteiger partial charge in [-0.05, 0) is 6.42 Å². The summed E-state index contributed by atoms with van der Waals surface area (Å²) in [5.41, 5.74) is 0. The molecular formula is C8H14F2O2. The summed E-state index contributed by atoms with van der Waals surface area (Å²) in [6.07, 6.45) is -0.521. The highest BCUT2D eigenvalue weighted by Crippen LogP contribution is 2.25. The van der Waals surface area contributed by atoms with Crippen LogP contribution in [0.1, 0.15) is 33.1 Å². The molecule has 0 heterocycles. The summed E-state index contributed by atoms with van der Waals surface area (Å²) in [6.45, 7) is 2.83. The van der Waals surface area contributed by atoms with Gasteiger partial charge in [0.2, 0.25) is 5.92 Å². The van der Waals surface area contributed by atoms with Crippen molar-refractivity contribution in [1.82, 2.24) is 0 Å². The van der Waals surface area contributed by atoms with Crippen LogP contribution in [0.25, 0.3) is 0 Å². The second kappa shape index (κ2) is 4.38. The van der Waals surface area contributed by atoms with E-state index >= 15 is 0 Å². The Morgan fingerprint density at radius 3 is 2.42 bits per heavy atom. The summed E-state index contributed by atoms with van der Waals surface area (Å²) in [6, 6.07) is 0. The first kappa shape index (κ1) is 11.3. The summed E-state index contributed by atoms with van der Waals surface area (Å²) in [4.78, 5) is 10.3. The van der Waals surface area contributed by atoms with Crippen molar-refractivity contribution in [3.05, 3.63) is 0 Å². The molecule has 0 fully saturated rings. The molecule has 0 aliphatic heterocycles. The summed E-state index contributed by atoms with van der Waals surface area (Å²) < 4.78 is 25.2. The number of carbonyl (C=O) groups is 1. The van der Waals surface area contributed by atoms with Gasteiger partial charge in [-0.1, -0.05) is 13.8 Å². The predicted octanol–water partition coefficient (Wildman–Crippen LogP) is 2.53. The number of hydrogen-bond donors (Lipinski definition) is 1. The summed E-state index contributed by atoms with van der Waals surface area (Å²) in [5.74, 6) is -4.40. The fraction of sp³-hybridized carbons (Fsp3) is 0.875. The van der Waals surface area contributed by atoms with E-state index in [0.29, 0.717) is 0 Å². The highest BCUT2D eigenvalue weighted by Gasteiger charge is 2.27. The third kappa shape index (κ3) is 4.26. The molecule has 0 aliphatic rings. The van der Waals surface area contributed by atoms with E-state index in [0.717, 1.165) is 0 Å². The number of halogens is 2. The van der Waals surface area contributed by atoms with E-state index < -0.39 is 17.8 Å². The van der Waals surface area contributed by atoms with Crippen LogP contribution in [0.4, 0.5) is 8.78 Å². The summed E-state index contributed by atoms with van der Waals surface area (Å²) in [7, 11) is 0. The number of aliphatic carboxylic acids is 1. The van der Waals surface area contributed by atoms with E-state index in [2.05, 4.69) is 0 Å². The average Bonchev–Trinajstić information content (AvgIpc) is 2.00. The van der Waals surface area contributed by atoms with Crippen molar-refractivity contribution in [2.24, 2.45) is 5.92 Å². The van der Waals surface area contributed by atoms with Gasteiger partial charge in [0, 0.05) is 12.8 Å². The molecule has 0 spiro atoms. The van der Waals surface area contributed by atoms with Crippen LogP contribution in [0.15, 0.2) is 0 Å². The smallest absolute Gasteiger partial charge is 0.306 e. The van der Waals surface area contributed by atoms with Crippen LogP contribution in [0, 0.1) is 5.92 Å². The number of carboxylic acid groups (broad SMARTS) is 1. The van der Waals surface area contributed by atoms with Gasteiger partial charge in [0.15, 0.2) is 0 Å². The molecule has 2 nitrogen and oxygen atoms in total. The van der Waals surface area contributed by atoms with Crippen LogP contribution in [-0.4, -0.2) is 17.0 Å². The minimum absolute atomic E-state index is 0.0379. The van der Waals surface area contributed by atoms with Crippen molar-refractivity contribution in [2.45, 2.75) is 39.0 Å². The molecule has 0 radical (unpaired) electrons. The molecule has 0 aromatic heterocycles. The Labute approximate surface area is 70.6 Å². The highest BCUT2D eigenvalue weighted by molar-refractivity contribution is 5.69. The van der Waals surface area contributed by atoms with E-state index in [1.54, 1.807) is 0 Å². The standard InChI is InChI=1S/C8H14F2O2/c1-3-8(9,10)5-4-6(2)7(11)12/h6H,3-5H2,1-2H3,(H,11,12)/t6-/m0/s1. The Hall–Kier alpha value is -0.670. The molecule has 72 valence electrons. The van der Waals surface area contributed by atoms with Crippen LogP contribution in [0.5, 0.6) is 0 Å². The Kier molecular flexibility index (Phi) is 4.13. The Morgan fingerprint density at radius 1 is 1.58 bits per heavy atom. The topological polar surface area (TPSA) is 37.3 Å². The molecule has 0 saturated heterocycles. The SMILES string of the molecule is CCC(F)(F)CC[C@H](C)C(=O)O. The molecule has 12 heavy (non-hydrogen) atoms. The monoisotopic (exact) mass is 180 g/mol. The van der Waals surface area contributed by atoms with Gasteiger partial charge in [-0.15, -0.1) is 0 Å². The molecule has 1 atom stereocenters. The molecule has 4 heteroatoms. The second-order valence-electron chi connectivity index (χ2n) is 2.99. The van der Waals surface area contributed by atoms with Crippen molar-refractivity contribution in [3.8, 4) is 0 Å². The first-order valence-electron chi connectivity index (χ1n) is 3.99. The summed E-state index contributed by atoms with van der Waals surface area (Å²) >= 11 is 0. The zero-order valence-electron chi connectivity index (χ0n) is 7.31. The lowest BCUT2D eigenvalue weighted by molar-refractivity contribution is -0.141. The third-order valence-electron chi connectivity index (χ3n) is 1.88. The van der Waals surface area contributed by atoms with Crippen molar-refractivity contribution in [2.75, 3.05) is 0 Å². The van der Waals surface area contributed by atoms with Gasteiger partial charge in [0.05, 0.1) is 5.92 Å². The zero-order valence-corrected chi connectivity index (χ0v) is 7.31. The first-order valence-corrected chi connectivity index (χ1v) is 3.99. The lowest BCUT2D eigenvalue weighted by atomic mass is 10.0. The minimum atomic E-state index is -2.70. The van der Waals surface area contributed by atoms with Crippen LogP contribution < -0.4 is 0 Å². The average molecular weight is 180 g/mol. The number of rotatable bonds is 5. The highest BCUT2D eigenvalue weighted by atomic mass is 19.3. The molecule has 0 aromatic rings. The molecule has 0 unspecified atom stereocenters. The molecule has 0 amide bonds. The molecule has 0 bridgehead atoms. The molecule has 0 aromatic carbocycles. The third-order valence-corrected chi connectivity index (χ3v) is 1.88. The zero-order chi connectivity index (χ0) is 9.78. The van der Waals surface area contributed by atoms with Gasteiger partial charge in [-0.3, -0.25) is 4.79 Å². The molecule has 0 aliphatic carbocycles. The van der Waals surface area contributed by atoms with Crippen LogP contribution in [0.2, 0.25) is 0 Å². The van der Waals surface area contributed by atoms with Gasteiger partial charge in [0.1, 0.15) is 0 Å². The molecule has 0 rings (SSSR count). The Balaban J connectivity index is 3.75. The lowest BCUT2D eigenvalue weighted by Crippen LogP contribution is -2.18. The lowest BCUT2D eigenvalue weighted by Gasteiger charge is -2.14. The minimum Gasteiger partial charge on any atom is -0.481 e. The van der Waals surface area contributed by atoms with Crippen molar-refractivity contribution in [1.29, 1.82) is 0 Å². The second-order valence-corrected chi connectivity index (χ2v) is 2.99. The van der Waals surface area contributed by atoms with E-state index in [4.69, 9.17) is 5.11 Å². The van der Waals surface area contributed by atoms with Gasteiger partial charge < -0.3 is 5.11 Å². The predicted molar refractivity (Wildman–Crippen MR) is 41.3 cm³/mol. The Bertz CT molecular complexity index is 157. The maximum atomic E-state index is 12.6. The van der Waals surface area contributed by atoms with Crippen molar-refractivity contribution >= 4 is 5.97 Å². The fourth-order valence-corrected chi connectivity index (χ4v) is 0.728. The van der Waals surface area contributed by atoms with Gasteiger partial charge in [-0.25, -0.2) is 8.78 Å². The van der Waals surface area contributed by atoms with E-state index in [-0.39, 0.29) is 19.3 Å². The van der Waals surface area contributed by atoms with Crippen LogP contribution in [0.3, 0.4) is 0 Å². The normalized spacial score (nSPS) is 14.3. The first-order chi connectivity index (χ1) is 5.39. The fourth-order valence-electron chi connectivity index (χ4n) is 0.728. The molecule has 0 saturated carbocycles. The number of hydrogen-bond acceptors (Lipinski definition) is 1. The van der Waals surface area contributed by atoms with E-state index in [1.165, 1.54) is 13.8 Å². The van der Waals surface area contributed by atoms with Gasteiger partial charge in [-0.2, -0.15) is 0 Å². The number of alkyl halides is 2. The largest absolute Gasteiger partial charge is 0.481 e. The molecular weight excluding hydrogens is 166 g/mol. The Morgan fingerprint density at radius 2 is 2.08 bits per heavy atom. The van der Waals surface area contributed by atoms with E-state index in [1.807, 2.05) is 0 Å². The van der Waals surface area contributed by atoms with Crippen molar-refractivity contribution in [3.63, 3.8) is 0 Å². The summed E-state index contributed by atoms with van der Waals surface area (Å²) in [5, 5.41) is 8.41. The number of carboxylic acids is 1.